The molecule has 0 spiro atoms. The van der Waals surface area contributed by atoms with E-state index in [9.17, 15) is 18.0 Å². The number of benzene rings is 4. The summed E-state index contributed by atoms with van der Waals surface area (Å²) in [6.45, 7) is 3.89. The van der Waals surface area contributed by atoms with E-state index in [1.54, 1.807) is 60.7 Å². The molecule has 46 heavy (non-hydrogen) atoms. The van der Waals surface area contributed by atoms with E-state index in [-0.39, 0.29) is 29.5 Å². The maximum absolute atomic E-state index is 14.5. The molecule has 10 heteroatoms. The molecule has 0 saturated heterocycles. The fourth-order valence-corrected chi connectivity index (χ4v) is 6.50. The second kappa shape index (κ2) is 16.3. The number of ether oxygens (including phenoxy) is 1. The standard InChI is InChI=1S/C36H40ClN3O5S/c1-4-5-23-38-36(42)34(24-28-9-7-6-8-10-28)39(25-29-13-15-30(37)16-14-29)35(41)26-40(31-17-19-32(45-3)20-18-31)46(43,44)33-21-11-27(2)12-22-33/h6-22,34H,4-5,23-26H2,1-3H3,(H,38,42)/t34-/m1/s1. The average Bonchev–Trinajstić information content (AvgIpc) is 3.06. The van der Waals surface area contributed by atoms with Crippen LogP contribution in [-0.4, -0.2) is 51.4 Å². The van der Waals surface area contributed by atoms with Gasteiger partial charge in [0.25, 0.3) is 10.0 Å². The van der Waals surface area contributed by atoms with Gasteiger partial charge in [0.15, 0.2) is 0 Å². The minimum Gasteiger partial charge on any atom is -0.497 e. The van der Waals surface area contributed by atoms with Crippen molar-refractivity contribution in [3.8, 4) is 5.75 Å². The number of rotatable bonds is 15. The highest BCUT2D eigenvalue weighted by molar-refractivity contribution is 7.92. The molecule has 0 saturated carbocycles. The van der Waals surface area contributed by atoms with Gasteiger partial charge in [-0.25, -0.2) is 8.42 Å². The van der Waals surface area contributed by atoms with Crippen LogP contribution >= 0.6 is 11.6 Å². The molecule has 0 unspecified atom stereocenters. The van der Waals surface area contributed by atoms with Crippen LogP contribution in [0.1, 0.15) is 36.5 Å². The third-order valence-corrected chi connectivity index (χ3v) is 9.66. The maximum atomic E-state index is 14.5. The lowest BCUT2D eigenvalue weighted by atomic mass is 10.0. The Balaban J connectivity index is 1.78. The van der Waals surface area contributed by atoms with Crippen LogP contribution in [-0.2, 0) is 32.6 Å². The number of hydrogen-bond acceptors (Lipinski definition) is 5. The number of aryl methyl sites for hydroxylation is 1. The van der Waals surface area contributed by atoms with Gasteiger partial charge in [0, 0.05) is 24.5 Å². The summed E-state index contributed by atoms with van der Waals surface area (Å²) < 4.78 is 34.7. The SMILES string of the molecule is CCCCNC(=O)[C@@H](Cc1ccccc1)N(Cc1ccc(Cl)cc1)C(=O)CN(c1ccc(OC)cc1)S(=O)(=O)c1ccc(C)cc1. The van der Waals surface area contributed by atoms with Crippen molar-refractivity contribution in [2.24, 2.45) is 0 Å². The van der Waals surface area contributed by atoms with E-state index in [1.165, 1.54) is 24.1 Å². The van der Waals surface area contributed by atoms with E-state index in [4.69, 9.17) is 16.3 Å². The van der Waals surface area contributed by atoms with Crippen molar-refractivity contribution < 1.29 is 22.7 Å². The van der Waals surface area contributed by atoms with E-state index in [2.05, 4.69) is 5.32 Å². The Hall–Kier alpha value is -4.34. The third kappa shape index (κ3) is 9.11. The molecule has 242 valence electrons. The Morgan fingerprint density at radius 1 is 0.870 bits per heavy atom. The van der Waals surface area contributed by atoms with Crippen LogP contribution in [0, 0.1) is 6.92 Å². The van der Waals surface area contributed by atoms with Crippen molar-refractivity contribution in [3.05, 3.63) is 125 Å². The summed E-state index contributed by atoms with van der Waals surface area (Å²) in [6, 6.07) is 28.5. The van der Waals surface area contributed by atoms with Crippen LogP contribution < -0.4 is 14.4 Å². The quantitative estimate of drug-likeness (QED) is 0.149. The van der Waals surface area contributed by atoms with E-state index in [1.807, 2.05) is 44.2 Å². The molecule has 0 aliphatic rings. The predicted molar refractivity (Wildman–Crippen MR) is 183 cm³/mol. The monoisotopic (exact) mass is 661 g/mol. The highest BCUT2D eigenvalue weighted by Crippen LogP contribution is 2.27. The lowest BCUT2D eigenvalue weighted by Crippen LogP contribution is -2.53. The summed E-state index contributed by atoms with van der Waals surface area (Å²) in [6.07, 6.45) is 1.92. The molecule has 0 radical (unpaired) electrons. The predicted octanol–water partition coefficient (Wildman–Crippen LogP) is 6.41. The number of anilines is 1. The van der Waals surface area contributed by atoms with Crippen molar-refractivity contribution in [2.45, 2.75) is 50.6 Å². The smallest absolute Gasteiger partial charge is 0.264 e. The number of carbonyl (C=O) groups is 2. The first-order valence-electron chi connectivity index (χ1n) is 15.2. The average molecular weight is 662 g/mol. The maximum Gasteiger partial charge on any atom is 0.264 e. The molecule has 8 nitrogen and oxygen atoms in total. The Labute approximate surface area is 277 Å². The highest BCUT2D eigenvalue weighted by Gasteiger charge is 2.34. The number of methoxy groups -OCH3 is 1. The summed E-state index contributed by atoms with van der Waals surface area (Å²) >= 11 is 6.15. The molecular weight excluding hydrogens is 622 g/mol. The zero-order valence-electron chi connectivity index (χ0n) is 26.4. The summed E-state index contributed by atoms with van der Waals surface area (Å²) in [5.74, 6) is -0.302. The van der Waals surface area contributed by atoms with Gasteiger partial charge in [-0.3, -0.25) is 13.9 Å². The Morgan fingerprint density at radius 2 is 1.52 bits per heavy atom. The minimum atomic E-state index is -4.19. The van der Waals surface area contributed by atoms with Gasteiger partial charge in [0.1, 0.15) is 18.3 Å². The van der Waals surface area contributed by atoms with Crippen LogP contribution in [0.4, 0.5) is 5.69 Å². The number of halogens is 1. The van der Waals surface area contributed by atoms with Gasteiger partial charge in [-0.2, -0.15) is 0 Å². The zero-order chi connectivity index (χ0) is 33.1. The van der Waals surface area contributed by atoms with Crippen LogP contribution in [0.3, 0.4) is 0 Å². The van der Waals surface area contributed by atoms with Gasteiger partial charge in [-0.1, -0.05) is 85.1 Å². The topological polar surface area (TPSA) is 96.0 Å². The van der Waals surface area contributed by atoms with Crippen LogP contribution in [0.2, 0.25) is 5.02 Å². The largest absolute Gasteiger partial charge is 0.497 e. The first kappa shape index (κ1) is 34.5. The molecule has 0 aromatic heterocycles. The molecule has 4 aromatic carbocycles. The summed E-state index contributed by atoms with van der Waals surface area (Å²) in [7, 11) is -2.67. The Bertz CT molecular complexity index is 1680. The van der Waals surface area contributed by atoms with Crippen molar-refractivity contribution in [1.82, 2.24) is 10.2 Å². The fraction of sp³-hybridized carbons (Fsp3) is 0.278. The normalized spacial score (nSPS) is 11.8. The number of nitrogens with zero attached hydrogens (tertiary/aromatic N) is 2. The molecule has 4 aromatic rings. The van der Waals surface area contributed by atoms with Crippen LogP contribution in [0.15, 0.2) is 108 Å². The molecule has 0 aliphatic heterocycles. The Kier molecular flexibility index (Phi) is 12.2. The first-order valence-corrected chi connectivity index (χ1v) is 17.0. The fourth-order valence-electron chi connectivity index (χ4n) is 4.96. The molecule has 1 atom stereocenters. The second-order valence-electron chi connectivity index (χ2n) is 11.0. The van der Waals surface area contributed by atoms with Crippen molar-refractivity contribution in [2.75, 3.05) is 24.5 Å². The van der Waals surface area contributed by atoms with Gasteiger partial charge in [-0.05, 0) is 73.0 Å². The number of nitrogens with one attached hydrogen (secondary N) is 1. The molecule has 0 bridgehead atoms. The molecule has 4 rings (SSSR count). The van der Waals surface area contributed by atoms with Crippen molar-refractivity contribution >= 4 is 39.1 Å². The van der Waals surface area contributed by atoms with Gasteiger partial charge in [0.05, 0.1) is 17.7 Å². The molecule has 2 amide bonds. The molecule has 1 N–H and O–H groups in total. The van der Waals surface area contributed by atoms with Gasteiger partial charge in [-0.15, -0.1) is 0 Å². The summed E-state index contributed by atoms with van der Waals surface area (Å²) in [5, 5.41) is 3.53. The number of hydrogen-bond donors (Lipinski definition) is 1. The highest BCUT2D eigenvalue weighted by atomic mass is 35.5. The van der Waals surface area contributed by atoms with E-state index >= 15 is 0 Å². The molecule has 0 fully saturated rings. The molecule has 0 aliphatic carbocycles. The third-order valence-electron chi connectivity index (χ3n) is 7.62. The van der Waals surface area contributed by atoms with Crippen molar-refractivity contribution in [3.63, 3.8) is 0 Å². The number of unbranched alkanes of at least 4 members (excludes halogenated alkanes) is 1. The van der Waals surface area contributed by atoms with Crippen molar-refractivity contribution in [1.29, 1.82) is 0 Å². The number of sulfonamides is 1. The van der Waals surface area contributed by atoms with Gasteiger partial charge >= 0.3 is 0 Å². The zero-order valence-corrected chi connectivity index (χ0v) is 27.9. The minimum absolute atomic E-state index is 0.0455. The van der Waals surface area contributed by atoms with Gasteiger partial charge < -0.3 is 15.0 Å². The Morgan fingerprint density at radius 3 is 2.13 bits per heavy atom. The van der Waals surface area contributed by atoms with E-state index in [0.29, 0.717) is 17.3 Å². The summed E-state index contributed by atoms with van der Waals surface area (Å²) in [5.41, 5.74) is 2.80. The van der Waals surface area contributed by atoms with Crippen LogP contribution in [0.25, 0.3) is 0 Å². The van der Waals surface area contributed by atoms with Gasteiger partial charge in [0.2, 0.25) is 11.8 Å². The molecule has 0 heterocycles. The first-order chi connectivity index (χ1) is 22.1. The second-order valence-corrected chi connectivity index (χ2v) is 13.3. The van der Waals surface area contributed by atoms with Crippen LogP contribution in [0.5, 0.6) is 5.75 Å². The van der Waals surface area contributed by atoms with E-state index < -0.39 is 28.5 Å². The lowest BCUT2D eigenvalue weighted by molar-refractivity contribution is -0.140. The lowest BCUT2D eigenvalue weighted by Gasteiger charge is -2.34. The number of carbonyl (C=O) groups excluding carboxylic acids is 2. The summed E-state index contributed by atoms with van der Waals surface area (Å²) in [4.78, 5) is 29.8. The molecular formula is C36H40ClN3O5S. The van der Waals surface area contributed by atoms with E-state index in [0.717, 1.165) is 33.8 Å². The number of amides is 2.